The van der Waals surface area contributed by atoms with Crippen molar-refractivity contribution in [2.45, 2.75) is 31.7 Å². The topological polar surface area (TPSA) is 41.3 Å². The van der Waals surface area contributed by atoms with Crippen molar-refractivity contribution in [3.05, 3.63) is 0 Å². The van der Waals surface area contributed by atoms with E-state index in [1.807, 2.05) is 0 Å². The van der Waals surface area contributed by atoms with Crippen LogP contribution in [0.3, 0.4) is 0 Å². The van der Waals surface area contributed by atoms with E-state index in [-0.39, 0.29) is 0 Å². The second kappa shape index (κ2) is 4.80. The van der Waals surface area contributed by atoms with Gasteiger partial charge in [-0.15, -0.1) is 0 Å². The van der Waals surface area contributed by atoms with E-state index in [2.05, 4.69) is 24.4 Å². The summed E-state index contributed by atoms with van der Waals surface area (Å²) in [6.45, 7) is 1.13. The number of nitrogens with one attached hydrogen (secondary N) is 1. The SMILES string of the molecule is CN(C)CCC(CC1CC1)NN. The summed E-state index contributed by atoms with van der Waals surface area (Å²) < 4.78 is 0. The molecule has 3 heteroatoms. The van der Waals surface area contributed by atoms with Crippen LogP contribution in [-0.2, 0) is 0 Å². The van der Waals surface area contributed by atoms with Crippen LogP contribution >= 0.6 is 0 Å². The van der Waals surface area contributed by atoms with Crippen LogP contribution < -0.4 is 11.3 Å². The van der Waals surface area contributed by atoms with Crippen molar-refractivity contribution < 1.29 is 0 Å². The van der Waals surface area contributed by atoms with E-state index in [9.17, 15) is 0 Å². The van der Waals surface area contributed by atoms with Gasteiger partial charge in [-0.2, -0.15) is 0 Å². The molecule has 0 heterocycles. The van der Waals surface area contributed by atoms with Crippen LogP contribution in [0.1, 0.15) is 25.7 Å². The molecular weight excluding hydrogens is 150 g/mol. The Morgan fingerprint density at radius 1 is 1.50 bits per heavy atom. The van der Waals surface area contributed by atoms with Gasteiger partial charge in [-0.3, -0.25) is 11.3 Å². The molecule has 0 aromatic carbocycles. The van der Waals surface area contributed by atoms with Crippen LogP contribution in [0.15, 0.2) is 0 Å². The predicted molar refractivity (Wildman–Crippen MR) is 51.6 cm³/mol. The highest BCUT2D eigenvalue weighted by Crippen LogP contribution is 2.33. The summed E-state index contributed by atoms with van der Waals surface area (Å²) in [5.41, 5.74) is 2.90. The zero-order valence-corrected chi connectivity index (χ0v) is 8.21. The fourth-order valence-corrected chi connectivity index (χ4v) is 1.44. The third-order valence-electron chi connectivity index (χ3n) is 2.48. The van der Waals surface area contributed by atoms with E-state index < -0.39 is 0 Å². The second-order valence-corrected chi connectivity index (χ2v) is 4.13. The molecule has 0 saturated heterocycles. The zero-order valence-electron chi connectivity index (χ0n) is 8.21. The summed E-state index contributed by atoms with van der Waals surface area (Å²) in [7, 11) is 4.20. The van der Waals surface area contributed by atoms with Crippen LogP contribution in [0, 0.1) is 5.92 Å². The molecule has 0 bridgehead atoms. The van der Waals surface area contributed by atoms with Crippen molar-refractivity contribution in [1.82, 2.24) is 10.3 Å². The monoisotopic (exact) mass is 171 g/mol. The average Bonchev–Trinajstić information content (AvgIpc) is 2.81. The summed E-state index contributed by atoms with van der Waals surface area (Å²) in [4.78, 5) is 2.21. The lowest BCUT2D eigenvalue weighted by atomic mass is 10.1. The van der Waals surface area contributed by atoms with E-state index in [1.54, 1.807) is 0 Å². The normalized spacial score (nSPS) is 20.0. The van der Waals surface area contributed by atoms with Gasteiger partial charge in [0.25, 0.3) is 0 Å². The first-order valence-electron chi connectivity index (χ1n) is 4.83. The maximum Gasteiger partial charge on any atom is 0.0225 e. The molecule has 0 spiro atoms. The van der Waals surface area contributed by atoms with E-state index >= 15 is 0 Å². The van der Waals surface area contributed by atoms with Crippen molar-refractivity contribution in [2.75, 3.05) is 20.6 Å². The zero-order chi connectivity index (χ0) is 8.97. The van der Waals surface area contributed by atoms with E-state index in [4.69, 9.17) is 5.84 Å². The molecule has 1 saturated carbocycles. The largest absolute Gasteiger partial charge is 0.309 e. The number of nitrogens with zero attached hydrogens (tertiary/aromatic N) is 1. The van der Waals surface area contributed by atoms with Gasteiger partial charge in [-0.05, 0) is 39.4 Å². The van der Waals surface area contributed by atoms with Gasteiger partial charge in [0, 0.05) is 6.04 Å². The van der Waals surface area contributed by atoms with Crippen LogP contribution in [0.5, 0.6) is 0 Å². The minimum atomic E-state index is 0.528. The molecule has 3 nitrogen and oxygen atoms in total. The lowest BCUT2D eigenvalue weighted by Gasteiger charge is -2.17. The van der Waals surface area contributed by atoms with Crippen LogP contribution in [0.2, 0.25) is 0 Å². The van der Waals surface area contributed by atoms with Gasteiger partial charge in [0.15, 0.2) is 0 Å². The summed E-state index contributed by atoms with van der Waals surface area (Å²) in [5.74, 6) is 6.43. The summed E-state index contributed by atoms with van der Waals surface area (Å²) in [6, 6.07) is 0.528. The van der Waals surface area contributed by atoms with Gasteiger partial charge in [-0.1, -0.05) is 12.8 Å². The second-order valence-electron chi connectivity index (χ2n) is 4.13. The number of nitrogens with two attached hydrogens (primary N) is 1. The summed E-state index contributed by atoms with van der Waals surface area (Å²) in [5, 5.41) is 0. The van der Waals surface area contributed by atoms with Gasteiger partial charge < -0.3 is 4.90 Å². The Morgan fingerprint density at radius 2 is 2.17 bits per heavy atom. The van der Waals surface area contributed by atoms with Crippen molar-refractivity contribution >= 4 is 0 Å². The van der Waals surface area contributed by atoms with Gasteiger partial charge in [0.2, 0.25) is 0 Å². The highest BCUT2D eigenvalue weighted by atomic mass is 15.2. The Labute approximate surface area is 75.3 Å². The van der Waals surface area contributed by atoms with E-state index in [0.717, 1.165) is 12.5 Å². The first kappa shape index (κ1) is 9.96. The Balaban J connectivity index is 2.06. The van der Waals surface area contributed by atoms with Crippen molar-refractivity contribution in [3.63, 3.8) is 0 Å². The molecule has 0 radical (unpaired) electrons. The highest BCUT2D eigenvalue weighted by Gasteiger charge is 2.24. The molecule has 1 rings (SSSR count). The number of rotatable bonds is 6. The first-order valence-corrected chi connectivity index (χ1v) is 4.83. The van der Waals surface area contributed by atoms with Crippen LogP contribution in [0.25, 0.3) is 0 Å². The minimum Gasteiger partial charge on any atom is -0.309 e. The smallest absolute Gasteiger partial charge is 0.0225 e. The van der Waals surface area contributed by atoms with Crippen molar-refractivity contribution in [1.29, 1.82) is 0 Å². The molecule has 1 atom stereocenters. The Morgan fingerprint density at radius 3 is 2.58 bits per heavy atom. The standard InChI is InChI=1S/C9H21N3/c1-12(2)6-5-9(11-10)7-8-3-4-8/h8-9,11H,3-7,10H2,1-2H3. The maximum absolute atomic E-state index is 5.47. The van der Waals surface area contributed by atoms with Gasteiger partial charge in [0.1, 0.15) is 0 Å². The van der Waals surface area contributed by atoms with E-state index in [0.29, 0.717) is 6.04 Å². The van der Waals surface area contributed by atoms with Crippen LogP contribution in [-0.4, -0.2) is 31.6 Å². The van der Waals surface area contributed by atoms with Crippen molar-refractivity contribution in [2.24, 2.45) is 11.8 Å². The Kier molecular flexibility index (Phi) is 3.98. The van der Waals surface area contributed by atoms with Gasteiger partial charge in [-0.25, -0.2) is 0 Å². The maximum atomic E-state index is 5.47. The molecule has 1 fully saturated rings. The number of hydrogen-bond donors (Lipinski definition) is 2. The molecule has 0 aromatic heterocycles. The molecule has 1 aliphatic rings. The van der Waals surface area contributed by atoms with Crippen molar-refractivity contribution in [3.8, 4) is 0 Å². The van der Waals surface area contributed by atoms with Crippen LogP contribution in [0.4, 0.5) is 0 Å². The summed E-state index contributed by atoms with van der Waals surface area (Å²) in [6.07, 6.45) is 5.27. The first-order chi connectivity index (χ1) is 5.72. The van der Waals surface area contributed by atoms with Gasteiger partial charge in [0.05, 0.1) is 0 Å². The average molecular weight is 171 g/mol. The number of hydrogen-bond acceptors (Lipinski definition) is 3. The Hall–Kier alpha value is -0.120. The lowest BCUT2D eigenvalue weighted by molar-refractivity contribution is 0.344. The molecule has 72 valence electrons. The fraction of sp³-hybridized carbons (Fsp3) is 1.00. The third kappa shape index (κ3) is 4.04. The molecule has 0 amide bonds. The molecule has 0 aromatic rings. The minimum absolute atomic E-state index is 0.528. The molecule has 1 aliphatic carbocycles. The fourth-order valence-electron chi connectivity index (χ4n) is 1.44. The molecule has 1 unspecified atom stereocenters. The molecule has 0 aliphatic heterocycles. The predicted octanol–water partition coefficient (Wildman–Crippen LogP) is 0.570. The quantitative estimate of drug-likeness (QED) is 0.453. The molecule has 12 heavy (non-hydrogen) atoms. The summed E-state index contributed by atoms with van der Waals surface area (Å²) >= 11 is 0. The highest BCUT2D eigenvalue weighted by molar-refractivity contribution is 4.79. The number of hydrazine groups is 1. The van der Waals surface area contributed by atoms with E-state index in [1.165, 1.54) is 25.7 Å². The molecular formula is C9H21N3. The van der Waals surface area contributed by atoms with Gasteiger partial charge >= 0.3 is 0 Å². The Bertz CT molecular complexity index is 121. The lowest BCUT2D eigenvalue weighted by Crippen LogP contribution is -2.37. The third-order valence-corrected chi connectivity index (χ3v) is 2.48. The molecule has 3 N–H and O–H groups in total.